The summed E-state index contributed by atoms with van der Waals surface area (Å²) in [5.74, 6) is 0. The highest BCUT2D eigenvalue weighted by Gasteiger charge is 1.97. The van der Waals surface area contributed by atoms with Crippen molar-refractivity contribution in [1.82, 2.24) is 0 Å². The number of fused-ring (bicyclic) bond motifs is 1. The third kappa shape index (κ3) is 4.47. The minimum absolute atomic E-state index is 1.22. The summed E-state index contributed by atoms with van der Waals surface area (Å²) in [6.45, 7) is 4.22. The van der Waals surface area contributed by atoms with Crippen molar-refractivity contribution in [2.75, 3.05) is 0 Å². The van der Waals surface area contributed by atoms with Gasteiger partial charge in [0.25, 0.3) is 0 Å². The third-order valence-corrected chi connectivity index (χ3v) is 4.98. The SMILES string of the molecule is Cc1ccc(C=Cc2ccc3cc(C=Cc4ccc(C)cc4)ccc3c2)cc1. The summed E-state index contributed by atoms with van der Waals surface area (Å²) in [4.78, 5) is 0. The van der Waals surface area contributed by atoms with E-state index in [1.54, 1.807) is 0 Å². The van der Waals surface area contributed by atoms with E-state index in [0.717, 1.165) is 0 Å². The second kappa shape index (κ2) is 8.10. The van der Waals surface area contributed by atoms with E-state index in [1.807, 2.05) is 0 Å². The Kier molecular flexibility index (Phi) is 5.21. The van der Waals surface area contributed by atoms with Crippen molar-refractivity contribution < 1.29 is 0 Å². The van der Waals surface area contributed by atoms with E-state index < -0.39 is 0 Å². The van der Waals surface area contributed by atoms with E-state index in [4.69, 9.17) is 0 Å². The summed E-state index contributed by atoms with van der Waals surface area (Å²) in [6, 6.07) is 30.4. The zero-order valence-electron chi connectivity index (χ0n) is 16.4. The largest absolute Gasteiger partial charge is 0.0587 e. The van der Waals surface area contributed by atoms with Gasteiger partial charge < -0.3 is 0 Å². The molecular formula is C28H24. The van der Waals surface area contributed by atoms with Crippen LogP contribution in [0.2, 0.25) is 0 Å². The molecule has 0 saturated heterocycles. The molecule has 0 atom stereocenters. The van der Waals surface area contributed by atoms with E-state index >= 15 is 0 Å². The van der Waals surface area contributed by atoms with Gasteiger partial charge in [0.1, 0.15) is 0 Å². The van der Waals surface area contributed by atoms with Gasteiger partial charge in [-0.15, -0.1) is 0 Å². The van der Waals surface area contributed by atoms with Crippen molar-refractivity contribution >= 4 is 35.1 Å². The van der Waals surface area contributed by atoms with Crippen LogP contribution < -0.4 is 0 Å². The van der Waals surface area contributed by atoms with Crippen LogP contribution in [0.1, 0.15) is 33.4 Å². The second-order valence-electron chi connectivity index (χ2n) is 7.35. The molecule has 0 radical (unpaired) electrons. The maximum atomic E-state index is 2.24. The van der Waals surface area contributed by atoms with Gasteiger partial charge in [-0.25, -0.2) is 0 Å². The van der Waals surface area contributed by atoms with Gasteiger partial charge in [0.2, 0.25) is 0 Å². The van der Waals surface area contributed by atoms with Crippen molar-refractivity contribution in [2.45, 2.75) is 13.8 Å². The van der Waals surface area contributed by atoms with Gasteiger partial charge >= 0.3 is 0 Å². The summed E-state index contributed by atoms with van der Waals surface area (Å²) < 4.78 is 0. The minimum atomic E-state index is 1.22. The van der Waals surface area contributed by atoms with Gasteiger partial charge in [0.05, 0.1) is 0 Å². The Labute approximate surface area is 167 Å². The normalized spacial score (nSPS) is 11.6. The standard InChI is InChI=1S/C28H24/c1-21-3-7-23(8-4-21)11-13-25-15-17-28-20-26(16-18-27(28)19-25)14-12-24-9-5-22(2)6-10-24/h3-20H,1-2H3. The topological polar surface area (TPSA) is 0 Å². The van der Waals surface area contributed by atoms with Crippen molar-refractivity contribution in [2.24, 2.45) is 0 Å². The molecule has 0 N–H and O–H groups in total. The van der Waals surface area contributed by atoms with Gasteiger partial charge in [0, 0.05) is 0 Å². The Bertz CT molecular complexity index is 1050. The van der Waals surface area contributed by atoms with E-state index in [9.17, 15) is 0 Å². The molecule has 0 aliphatic heterocycles. The Balaban J connectivity index is 1.53. The summed E-state index contributed by atoms with van der Waals surface area (Å²) in [7, 11) is 0. The zero-order chi connectivity index (χ0) is 19.3. The van der Waals surface area contributed by atoms with Crippen molar-refractivity contribution in [1.29, 1.82) is 0 Å². The first-order valence-electron chi connectivity index (χ1n) is 9.69. The molecule has 0 spiro atoms. The number of aryl methyl sites for hydroxylation is 2. The lowest BCUT2D eigenvalue weighted by Gasteiger charge is -2.02. The molecule has 0 unspecified atom stereocenters. The molecule has 0 aromatic heterocycles. The van der Waals surface area contributed by atoms with E-state index in [2.05, 4.69) is 123 Å². The first-order chi connectivity index (χ1) is 13.7. The molecule has 0 amide bonds. The lowest BCUT2D eigenvalue weighted by molar-refractivity contribution is 1.46. The van der Waals surface area contributed by atoms with Crippen LogP contribution in [0.15, 0.2) is 84.9 Å². The molecular weight excluding hydrogens is 336 g/mol. The highest BCUT2D eigenvalue weighted by molar-refractivity contribution is 5.88. The Hall–Kier alpha value is -3.38. The van der Waals surface area contributed by atoms with Crippen molar-refractivity contribution in [3.63, 3.8) is 0 Å². The van der Waals surface area contributed by atoms with Gasteiger partial charge in [-0.2, -0.15) is 0 Å². The van der Waals surface area contributed by atoms with Crippen LogP contribution in [0.3, 0.4) is 0 Å². The molecule has 0 bridgehead atoms. The van der Waals surface area contributed by atoms with Crippen LogP contribution in [-0.4, -0.2) is 0 Å². The molecule has 28 heavy (non-hydrogen) atoms. The second-order valence-corrected chi connectivity index (χ2v) is 7.35. The molecule has 0 saturated carbocycles. The highest BCUT2D eigenvalue weighted by Crippen LogP contribution is 2.21. The van der Waals surface area contributed by atoms with Gasteiger partial charge in [-0.3, -0.25) is 0 Å². The zero-order valence-corrected chi connectivity index (χ0v) is 16.4. The summed E-state index contributed by atoms with van der Waals surface area (Å²) in [5.41, 5.74) is 7.46. The van der Waals surface area contributed by atoms with Gasteiger partial charge in [0.15, 0.2) is 0 Å². The first-order valence-corrected chi connectivity index (χ1v) is 9.69. The predicted molar refractivity (Wildman–Crippen MR) is 124 cm³/mol. The van der Waals surface area contributed by atoms with Crippen LogP contribution >= 0.6 is 0 Å². The third-order valence-electron chi connectivity index (χ3n) is 4.98. The fourth-order valence-corrected chi connectivity index (χ4v) is 3.23. The number of hydrogen-bond donors (Lipinski definition) is 0. The molecule has 0 heterocycles. The fraction of sp³-hybridized carbons (Fsp3) is 0.0714. The molecule has 0 heteroatoms. The van der Waals surface area contributed by atoms with Gasteiger partial charge in [-0.1, -0.05) is 108 Å². The number of benzene rings is 4. The summed E-state index contributed by atoms with van der Waals surface area (Å²) >= 11 is 0. The maximum Gasteiger partial charge on any atom is -0.0178 e. The quantitative estimate of drug-likeness (QED) is 0.326. The van der Waals surface area contributed by atoms with E-state index in [0.29, 0.717) is 0 Å². The van der Waals surface area contributed by atoms with E-state index in [-0.39, 0.29) is 0 Å². The number of rotatable bonds is 4. The molecule has 4 aromatic rings. The van der Waals surface area contributed by atoms with Crippen LogP contribution in [0.25, 0.3) is 35.1 Å². The summed E-state index contributed by atoms with van der Waals surface area (Å²) in [6.07, 6.45) is 8.68. The first kappa shape index (κ1) is 18.0. The molecule has 0 aliphatic rings. The van der Waals surface area contributed by atoms with E-state index in [1.165, 1.54) is 44.2 Å². The van der Waals surface area contributed by atoms with Crippen LogP contribution in [-0.2, 0) is 0 Å². The molecule has 0 nitrogen and oxygen atoms in total. The van der Waals surface area contributed by atoms with Gasteiger partial charge in [-0.05, 0) is 59.0 Å². The average molecular weight is 361 g/mol. The highest BCUT2D eigenvalue weighted by atomic mass is 14.0. The Morgan fingerprint density at radius 2 is 0.714 bits per heavy atom. The van der Waals surface area contributed by atoms with Crippen LogP contribution in [0.5, 0.6) is 0 Å². The lowest BCUT2D eigenvalue weighted by Crippen LogP contribution is -1.79. The maximum absolute atomic E-state index is 2.24. The smallest absolute Gasteiger partial charge is 0.0178 e. The van der Waals surface area contributed by atoms with Crippen molar-refractivity contribution in [3.05, 3.63) is 118 Å². The molecule has 4 rings (SSSR count). The molecule has 0 aliphatic carbocycles. The van der Waals surface area contributed by atoms with Crippen LogP contribution in [0, 0.1) is 13.8 Å². The molecule has 4 aromatic carbocycles. The Morgan fingerprint density at radius 3 is 1.11 bits per heavy atom. The average Bonchev–Trinajstić information content (AvgIpc) is 2.73. The summed E-state index contributed by atoms with van der Waals surface area (Å²) in [5, 5.41) is 2.53. The fourth-order valence-electron chi connectivity index (χ4n) is 3.23. The van der Waals surface area contributed by atoms with Crippen LogP contribution in [0.4, 0.5) is 0 Å². The molecule has 0 fully saturated rings. The minimum Gasteiger partial charge on any atom is -0.0587 e. The Morgan fingerprint density at radius 1 is 0.393 bits per heavy atom. The lowest BCUT2D eigenvalue weighted by atomic mass is 10.0. The van der Waals surface area contributed by atoms with Crippen molar-refractivity contribution in [3.8, 4) is 0 Å². The molecule has 136 valence electrons. The number of hydrogen-bond acceptors (Lipinski definition) is 0. The predicted octanol–water partition coefficient (Wildman–Crippen LogP) is 7.80. The monoisotopic (exact) mass is 360 g/mol.